The second-order valence-corrected chi connectivity index (χ2v) is 7.27. The van der Waals surface area contributed by atoms with E-state index in [1.165, 1.54) is 16.5 Å². The van der Waals surface area contributed by atoms with Gasteiger partial charge in [-0.25, -0.2) is 4.79 Å². The maximum atomic E-state index is 12.7. The minimum absolute atomic E-state index is 0.282. The van der Waals surface area contributed by atoms with Gasteiger partial charge in [-0.1, -0.05) is 38.1 Å². The zero-order chi connectivity index (χ0) is 19.2. The smallest absolute Gasteiger partial charge is 0.324 e. The van der Waals surface area contributed by atoms with Crippen LogP contribution in [0.2, 0.25) is 0 Å². The van der Waals surface area contributed by atoms with Crippen LogP contribution in [0.15, 0.2) is 30.3 Å². The van der Waals surface area contributed by atoms with Crippen LogP contribution < -0.4 is 10.6 Å². The number of hydrogen-bond donors (Lipinski definition) is 2. The molecule has 2 N–H and O–H groups in total. The number of aryl methyl sites for hydroxylation is 2. The Bertz CT molecular complexity index is 952. The summed E-state index contributed by atoms with van der Waals surface area (Å²) in [4.78, 5) is 38.5. The molecule has 6 nitrogen and oxygen atoms in total. The second kappa shape index (κ2) is 6.37. The van der Waals surface area contributed by atoms with E-state index >= 15 is 0 Å². The van der Waals surface area contributed by atoms with Crippen molar-refractivity contribution in [3.63, 3.8) is 0 Å². The van der Waals surface area contributed by atoms with E-state index in [1.54, 1.807) is 0 Å². The Labute approximate surface area is 157 Å². The first-order valence-corrected chi connectivity index (χ1v) is 9.46. The standard InChI is InChI=1S/C21H23N3O3/c1-3-21(4-2)19(26)24(20(27)23-21)12-17(25)22-16-11-10-14-9-8-13-6-5-7-15(16)18(13)14/h5-7,10-11H,3-4,8-9,12H2,1-2H3,(H,22,25)(H,23,27). The third kappa shape index (κ3) is 2.67. The molecule has 1 aliphatic carbocycles. The maximum absolute atomic E-state index is 12.7. The van der Waals surface area contributed by atoms with Crippen LogP contribution in [0.25, 0.3) is 10.8 Å². The van der Waals surface area contributed by atoms with Gasteiger partial charge in [0, 0.05) is 11.1 Å². The number of carbonyl (C=O) groups is 3. The lowest BCUT2D eigenvalue weighted by Gasteiger charge is -2.23. The number of benzene rings is 2. The van der Waals surface area contributed by atoms with Gasteiger partial charge in [0.05, 0.1) is 0 Å². The Balaban J connectivity index is 1.55. The van der Waals surface area contributed by atoms with Crippen LogP contribution in [0.3, 0.4) is 0 Å². The average molecular weight is 365 g/mol. The fraction of sp³-hybridized carbons (Fsp3) is 0.381. The van der Waals surface area contributed by atoms with Gasteiger partial charge in [-0.05, 0) is 48.3 Å². The lowest BCUT2D eigenvalue weighted by Crippen LogP contribution is -2.46. The number of anilines is 1. The molecule has 2 aromatic carbocycles. The summed E-state index contributed by atoms with van der Waals surface area (Å²) in [5.41, 5.74) is 2.41. The number of rotatable bonds is 5. The van der Waals surface area contributed by atoms with Crippen molar-refractivity contribution in [1.29, 1.82) is 0 Å². The van der Waals surface area contributed by atoms with Crippen molar-refractivity contribution in [2.45, 2.75) is 45.1 Å². The van der Waals surface area contributed by atoms with Crippen molar-refractivity contribution in [3.8, 4) is 0 Å². The van der Waals surface area contributed by atoms with Gasteiger partial charge >= 0.3 is 6.03 Å². The summed E-state index contributed by atoms with van der Waals surface area (Å²) in [6.45, 7) is 3.44. The molecule has 0 aromatic heterocycles. The van der Waals surface area contributed by atoms with Crippen LogP contribution in [0, 0.1) is 0 Å². The highest BCUT2D eigenvalue weighted by molar-refractivity contribution is 6.11. The minimum Gasteiger partial charge on any atom is -0.324 e. The van der Waals surface area contributed by atoms with Gasteiger partial charge in [0.1, 0.15) is 12.1 Å². The first kappa shape index (κ1) is 17.5. The molecule has 4 rings (SSSR count). The van der Waals surface area contributed by atoms with Crippen molar-refractivity contribution in [2.24, 2.45) is 0 Å². The number of hydrogen-bond acceptors (Lipinski definition) is 3. The summed E-state index contributed by atoms with van der Waals surface area (Å²) < 4.78 is 0. The molecule has 1 aliphatic heterocycles. The quantitative estimate of drug-likeness (QED) is 0.800. The van der Waals surface area contributed by atoms with E-state index in [0.29, 0.717) is 18.5 Å². The molecule has 1 fully saturated rings. The molecule has 0 radical (unpaired) electrons. The van der Waals surface area contributed by atoms with Crippen LogP contribution in [0.1, 0.15) is 37.8 Å². The van der Waals surface area contributed by atoms with Crippen LogP contribution >= 0.6 is 0 Å². The Kier molecular flexibility index (Phi) is 4.13. The van der Waals surface area contributed by atoms with E-state index in [1.807, 2.05) is 38.1 Å². The number of nitrogens with zero attached hydrogens (tertiary/aromatic N) is 1. The summed E-state index contributed by atoms with van der Waals surface area (Å²) in [5.74, 6) is -0.701. The predicted octanol–water partition coefficient (Wildman–Crippen LogP) is 2.99. The molecule has 0 atom stereocenters. The Hall–Kier alpha value is -2.89. The SMILES string of the molecule is CCC1(CC)NC(=O)N(CC(=O)Nc2ccc3c4c(cccc24)CC3)C1=O. The highest BCUT2D eigenvalue weighted by Crippen LogP contribution is 2.35. The van der Waals surface area contributed by atoms with E-state index in [4.69, 9.17) is 0 Å². The Morgan fingerprint density at radius 1 is 1.11 bits per heavy atom. The van der Waals surface area contributed by atoms with E-state index in [0.717, 1.165) is 23.1 Å². The average Bonchev–Trinajstić information content (AvgIpc) is 3.19. The van der Waals surface area contributed by atoms with Gasteiger partial charge in [-0.15, -0.1) is 0 Å². The number of nitrogens with one attached hydrogen (secondary N) is 2. The van der Waals surface area contributed by atoms with Crippen molar-refractivity contribution >= 4 is 34.3 Å². The predicted molar refractivity (Wildman–Crippen MR) is 104 cm³/mol. The van der Waals surface area contributed by atoms with E-state index < -0.39 is 11.6 Å². The van der Waals surface area contributed by atoms with Crippen LogP contribution in [-0.4, -0.2) is 34.8 Å². The molecule has 4 amide bonds. The van der Waals surface area contributed by atoms with Gasteiger partial charge in [0.25, 0.3) is 5.91 Å². The van der Waals surface area contributed by atoms with Crippen LogP contribution in [-0.2, 0) is 22.4 Å². The second-order valence-electron chi connectivity index (χ2n) is 7.27. The third-order valence-corrected chi connectivity index (χ3v) is 5.91. The largest absolute Gasteiger partial charge is 0.325 e. The molecular formula is C21H23N3O3. The van der Waals surface area contributed by atoms with E-state index in [-0.39, 0.29) is 18.4 Å². The molecule has 0 spiro atoms. The van der Waals surface area contributed by atoms with Crippen molar-refractivity contribution in [2.75, 3.05) is 11.9 Å². The first-order valence-electron chi connectivity index (χ1n) is 9.46. The third-order valence-electron chi connectivity index (χ3n) is 5.91. The van der Waals surface area contributed by atoms with Crippen molar-refractivity contribution < 1.29 is 14.4 Å². The molecule has 6 heteroatoms. The summed E-state index contributed by atoms with van der Waals surface area (Å²) in [7, 11) is 0. The molecule has 0 bridgehead atoms. The van der Waals surface area contributed by atoms with Gasteiger partial charge in [-0.2, -0.15) is 0 Å². The number of urea groups is 1. The lowest BCUT2D eigenvalue weighted by atomic mass is 9.93. The zero-order valence-corrected chi connectivity index (χ0v) is 15.6. The van der Waals surface area contributed by atoms with Crippen molar-refractivity contribution in [1.82, 2.24) is 10.2 Å². The molecule has 27 heavy (non-hydrogen) atoms. The molecule has 2 aliphatic rings. The number of amides is 4. The maximum Gasteiger partial charge on any atom is 0.325 e. The zero-order valence-electron chi connectivity index (χ0n) is 15.6. The summed E-state index contributed by atoms with van der Waals surface area (Å²) in [5, 5.41) is 7.85. The summed E-state index contributed by atoms with van der Waals surface area (Å²) >= 11 is 0. The highest BCUT2D eigenvalue weighted by Gasteiger charge is 2.49. The monoisotopic (exact) mass is 365 g/mol. The topological polar surface area (TPSA) is 78.5 Å². The first-order chi connectivity index (χ1) is 13.0. The normalized spacial score (nSPS) is 17.5. The molecule has 1 heterocycles. The fourth-order valence-electron chi connectivity index (χ4n) is 4.24. The fourth-order valence-corrected chi connectivity index (χ4v) is 4.24. The lowest BCUT2D eigenvalue weighted by molar-refractivity contribution is -0.134. The minimum atomic E-state index is -0.890. The van der Waals surface area contributed by atoms with E-state index in [2.05, 4.69) is 16.7 Å². The molecule has 1 saturated heterocycles. The number of imide groups is 1. The van der Waals surface area contributed by atoms with Crippen LogP contribution in [0.5, 0.6) is 0 Å². The highest BCUT2D eigenvalue weighted by atomic mass is 16.2. The number of carbonyl (C=O) groups excluding carboxylic acids is 3. The van der Waals surface area contributed by atoms with Gasteiger partial charge < -0.3 is 10.6 Å². The molecule has 140 valence electrons. The van der Waals surface area contributed by atoms with Gasteiger partial charge in [0.15, 0.2) is 0 Å². The van der Waals surface area contributed by atoms with Crippen LogP contribution in [0.4, 0.5) is 10.5 Å². The molecular weight excluding hydrogens is 342 g/mol. The molecule has 0 saturated carbocycles. The van der Waals surface area contributed by atoms with E-state index in [9.17, 15) is 14.4 Å². The van der Waals surface area contributed by atoms with Gasteiger partial charge in [0.2, 0.25) is 5.91 Å². The Morgan fingerprint density at radius 3 is 2.48 bits per heavy atom. The Morgan fingerprint density at radius 2 is 1.81 bits per heavy atom. The molecule has 0 unspecified atom stereocenters. The van der Waals surface area contributed by atoms with Crippen molar-refractivity contribution in [3.05, 3.63) is 41.5 Å². The summed E-state index contributed by atoms with van der Waals surface area (Å²) in [6, 6.07) is 9.55. The summed E-state index contributed by atoms with van der Waals surface area (Å²) in [6.07, 6.45) is 3.04. The molecule has 2 aromatic rings. The van der Waals surface area contributed by atoms with Gasteiger partial charge in [-0.3, -0.25) is 14.5 Å².